The summed E-state index contributed by atoms with van der Waals surface area (Å²) in [6.45, 7) is 2.70. The van der Waals surface area contributed by atoms with Gasteiger partial charge in [0.25, 0.3) is 0 Å². The van der Waals surface area contributed by atoms with Crippen molar-refractivity contribution in [1.29, 1.82) is 0 Å². The molecule has 0 aliphatic carbocycles. The minimum Gasteiger partial charge on any atom is -0.378 e. The number of hydrogen-bond acceptors (Lipinski definition) is 3. The second-order valence-electron chi connectivity index (χ2n) is 3.59. The summed E-state index contributed by atoms with van der Waals surface area (Å²) in [4.78, 5) is 11.4. The summed E-state index contributed by atoms with van der Waals surface area (Å²) in [5.74, 6) is 0. The molecule has 1 aromatic rings. The number of aromatic amines is 2. The minimum absolute atomic E-state index is 0.158. The van der Waals surface area contributed by atoms with E-state index in [1.165, 1.54) is 0 Å². The van der Waals surface area contributed by atoms with Crippen LogP contribution in [-0.2, 0) is 4.74 Å². The van der Waals surface area contributed by atoms with Crippen LogP contribution in [0.5, 0.6) is 0 Å². The molecule has 2 unspecified atom stereocenters. The molecule has 6 heteroatoms. The van der Waals surface area contributed by atoms with Crippen molar-refractivity contribution >= 4 is 12.2 Å². The third-order valence-corrected chi connectivity index (χ3v) is 2.84. The molecule has 0 aromatic carbocycles. The molecule has 1 fully saturated rings. The number of H-pyrrole nitrogens is 2. The Bertz CT molecular complexity index is 391. The van der Waals surface area contributed by atoms with Gasteiger partial charge in [0.2, 0.25) is 0 Å². The van der Waals surface area contributed by atoms with Crippen molar-refractivity contribution in [3.63, 3.8) is 0 Å². The molecule has 0 radical (unpaired) electrons. The van der Waals surface area contributed by atoms with Gasteiger partial charge in [0.1, 0.15) is 0 Å². The summed E-state index contributed by atoms with van der Waals surface area (Å²) in [6, 6.07) is 0.168. The van der Waals surface area contributed by atoms with E-state index in [0.29, 0.717) is 11.4 Å². The molecule has 0 saturated carbocycles. The van der Waals surface area contributed by atoms with Gasteiger partial charge in [-0.2, -0.15) is 0 Å². The molecule has 0 spiro atoms. The summed E-state index contributed by atoms with van der Waals surface area (Å²) in [5, 5.41) is 5.13. The summed E-state index contributed by atoms with van der Waals surface area (Å²) in [5.41, 5.74) is -0.158. The van der Waals surface area contributed by atoms with Gasteiger partial charge in [-0.25, -0.2) is 9.89 Å². The first-order valence-electron chi connectivity index (χ1n) is 4.69. The molecule has 1 aliphatic rings. The molecular formula is C8H13N3O2S. The molecule has 2 atom stereocenters. The van der Waals surface area contributed by atoms with Crippen LogP contribution in [0, 0.1) is 4.77 Å². The average Bonchev–Trinajstić information content (AvgIpc) is 2.46. The molecule has 78 valence electrons. The summed E-state index contributed by atoms with van der Waals surface area (Å²) >= 11 is 5.03. The zero-order chi connectivity index (χ0) is 10.1. The Balaban J connectivity index is 2.30. The van der Waals surface area contributed by atoms with Crippen LogP contribution in [0.1, 0.15) is 25.8 Å². The first-order chi connectivity index (χ1) is 6.68. The van der Waals surface area contributed by atoms with Crippen molar-refractivity contribution in [3.05, 3.63) is 15.3 Å². The Kier molecular flexibility index (Phi) is 2.56. The van der Waals surface area contributed by atoms with Crippen molar-refractivity contribution in [2.45, 2.75) is 31.9 Å². The Hall–Kier alpha value is -0.880. The van der Waals surface area contributed by atoms with Crippen LogP contribution in [-0.4, -0.2) is 27.5 Å². The Morgan fingerprint density at radius 1 is 1.57 bits per heavy atom. The SMILES string of the molecule is CC1CC(n2c(=O)[nH][nH]c2=S)CCO1. The van der Waals surface area contributed by atoms with Crippen LogP contribution >= 0.6 is 12.2 Å². The number of hydrogen-bond donors (Lipinski definition) is 2. The van der Waals surface area contributed by atoms with Crippen molar-refractivity contribution in [3.8, 4) is 0 Å². The summed E-state index contributed by atoms with van der Waals surface area (Å²) in [6.07, 6.45) is 1.89. The minimum atomic E-state index is -0.158. The number of nitrogens with zero attached hydrogens (tertiary/aromatic N) is 1. The van der Waals surface area contributed by atoms with E-state index in [0.717, 1.165) is 12.8 Å². The van der Waals surface area contributed by atoms with Gasteiger partial charge in [0.15, 0.2) is 4.77 Å². The largest absolute Gasteiger partial charge is 0.378 e. The number of nitrogens with one attached hydrogen (secondary N) is 2. The second-order valence-corrected chi connectivity index (χ2v) is 3.98. The maximum Gasteiger partial charge on any atom is 0.342 e. The van der Waals surface area contributed by atoms with E-state index < -0.39 is 0 Å². The van der Waals surface area contributed by atoms with Gasteiger partial charge in [0, 0.05) is 12.6 Å². The molecule has 2 N–H and O–H groups in total. The lowest BCUT2D eigenvalue weighted by Gasteiger charge is -2.27. The molecule has 14 heavy (non-hydrogen) atoms. The van der Waals surface area contributed by atoms with Crippen molar-refractivity contribution in [2.75, 3.05) is 6.61 Å². The first kappa shape index (κ1) is 9.67. The van der Waals surface area contributed by atoms with Gasteiger partial charge in [-0.3, -0.25) is 9.67 Å². The average molecular weight is 215 g/mol. The maximum atomic E-state index is 11.4. The van der Waals surface area contributed by atoms with E-state index in [2.05, 4.69) is 10.2 Å². The van der Waals surface area contributed by atoms with Crippen molar-refractivity contribution in [1.82, 2.24) is 14.8 Å². The Morgan fingerprint density at radius 2 is 2.36 bits per heavy atom. The van der Waals surface area contributed by atoms with Gasteiger partial charge in [-0.05, 0) is 32.0 Å². The zero-order valence-corrected chi connectivity index (χ0v) is 8.76. The fourth-order valence-corrected chi connectivity index (χ4v) is 2.14. The highest BCUT2D eigenvalue weighted by atomic mass is 32.1. The molecule has 0 bridgehead atoms. The van der Waals surface area contributed by atoms with Crippen LogP contribution in [0.4, 0.5) is 0 Å². The molecule has 1 aromatic heterocycles. The van der Waals surface area contributed by atoms with Crippen LogP contribution < -0.4 is 5.69 Å². The van der Waals surface area contributed by atoms with Crippen molar-refractivity contribution in [2.24, 2.45) is 0 Å². The summed E-state index contributed by atoms with van der Waals surface area (Å²) < 4.78 is 7.49. The topological polar surface area (TPSA) is 62.8 Å². The van der Waals surface area contributed by atoms with E-state index in [4.69, 9.17) is 17.0 Å². The maximum absolute atomic E-state index is 11.4. The Labute approximate surface area is 86.1 Å². The standard InChI is InChI=1S/C8H13N3O2S/c1-5-4-6(2-3-13-5)11-7(12)9-10-8(11)14/h5-6H,2-4H2,1H3,(H,9,12)(H,10,14). The van der Waals surface area contributed by atoms with Gasteiger partial charge in [0.05, 0.1) is 6.10 Å². The second kappa shape index (κ2) is 3.70. The monoisotopic (exact) mass is 215 g/mol. The quantitative estimate of drug-likeness (QED) is 0.686. The normalized spacial score (nSPS) is 27.8. The van der Waals surface area contributed by atoms with Crippen LogP contribution in [0.3, 0.4) is 0 Å². The van der Waals surface area contributed by atoms with Crippen molar-refractivity contribution < 1.29 is 4.74 Å². The number of ether oxygens (including phenoxy) is 1. The highest BCUT2D eigenvalue weighted by molar-refractivity contribution is 7.71. The molecule has 1 saturated heterocycles. The molecule has 0 amide bonds. The lowest BCUT2D eigenvalue weighted by atomic mass is 10.0. The molecule has 2 rings (SSSR count). The molecule has 5 nitrogen and oxygen atoms in total. The predicted octanol–water partition coefficient (Wildman–Crippen LogP) is 0.974. The number of rotatable bonds is 1. The molecule has 2 heterocycles. The number of aromatic nitrogens is 3. The van der Waals surface area contributed by atoms with E-state index in [1.807, 2.05) is 6.92 Å². The van der Waals surface area contributed by atoms with E-state index in [9.17, 15) is 4.79 Å². The van der Waals surface area contributed by atoms with Gasteiger partial charge >= 0.3 is 5.69 Å². The highest BCUT2D eigenvalue weighted by Crippen LogP contribution is 2.23. The van der Waals surface area contributed by atoms with Gasteiger partial charge in [-0.1, -0.05) is 0 Å². The summed E-state index contributed by atoms with van der Waals surface area (Å²) in [7, 11) is 0. The van der Waals surface area contributed by atoms with E-state index in [-0.39, 0.29) is 17.8 Å². The van der Waals surface area contributed by atoms with Crippen LogP contribution in [0.25, 0.3) is 0 Å². The van der Waals surface area contributed by atoms with E-state index >= 15 is 0 Å². The van der Waals surface area contributed by atoms with Crippen LogP contribution in [0.2, 0.25) is 0 Å². The van der Waals surface area contributed by atoms with Gasteiger partial charge in [-0.15, -0.1) is 0 Å². The van der Waals surface area contributed by atoms with Crippen LogP contribution in [0.15, 0.2) is 4.79 Å². The Morgan fingerprint density at radius 3 is 2.93 bits per heavy atom. The molecule has 1 aliphatic heterocycles. The lowest BCUT2D eigenvalue weighted by molar-refractivity contribution is 0.00504. The fourth-order valence-electron chi connectivity index (χ4n) is 1.86. The van der Waals surface area contributed by atoms with Gasteiger partial charge < -0.3 is 4.74 Å². The zero-order valence-electron chi connectivity index (χ0n) is 7.95. The third-order valence-electron chi connectivity index (χ3n) is 2.54. The fraction of sp³-hybridized carbons (Fsp3) is 0.750. The third kappa shape index (κ3) is 1.67. The lowest BCUT2D eigenvalue weighted by Crippen LogP contribution is -2.30. The molecular weight excluding hydrogens is 202 g/mol. The van der Waals surface area contributed by atoms with E-state index in [1.54, 1.807) is 4.57 Å². The first-order valence-corrected chi connectivity index (χ1v) is 5.10. The highest BCUT2D eigenvalue weighted by Gasteiger charge is 2.22. The smallest absolute Gasteiger partial charge is 0.342 e. The predicted molar refractivity (Wildman–Crippen MR) is 53.9 cm³/mol.